The second-order valence-electron chi connectivity index (χ2n) is 5.95. The molecule has 0 aliphatic carbocycles. The van der Waals surface area contributed by atoms with Crippen molar-refractivity contribution in [1.29, 1.82) is 0 Å². The fourth-order valence-corrected chi connectivity index (χ4v) is 2.88. The summed E-state index contributed by atoms with van der Waals surface area (Å²) < 4.78 is 10.9. The molecule has 0 spiro atoms. The van der Waals surface area contributed by atoms with Crippen molar-refractivity contribution in [2.45, 2.75) is 0 Å². The van der Waals surface area contributed by atoms with E-state index < -0.39 is 5.97 Å². The fourth-order valence-electron chi connectivity index (χ4n) is 2.75. The van der Waals surface area contributed by atoms with E-state index in [0.29, 0.717) is 16.7 Å². The Kier molecular flexibility index (Phi) is 4.52. The Balaban J connectivity index is 1.61. The first-order valence-electron chi connectivity index (χ1n) is 8.19. The molecule has 0 aliphatic rings. The van der Waals surface area contributed by atoms with Gasteiger partial charge in [0.05, 0.1) is 0 Å². The molecule has 3 aromatic carbocycles. The first kappa shape index (κ1) is 17.1. The lowest BCUT2D eigenvalue weighted by Crippen LogP contribution is -2.09. The SMILES string of the molecule is O=C(O)COc1ccc2cc(-c3nc(-c4ccc(Cl)cc4)co3)ccc2c1. The maximum atomic E-state index is 10.6. The lowest BCUT2D eigenvalue weighted by Gasteiger charge is -2.05. The summed E-state index contributed by atoms with van der Waals surface area (Å²) in [5, 5.41) is 11.3. The number of aliphatic carboxylic acids is 1. The molecule has 27 heavy (non-hydrogen) atoms. The Morgan fingerprint density at radius 3 is 2.48 bits per heavy atom. The summed E-state index contributed by atoms with van der Waals surface area (Å²) in [7, 11) is 0. The normalized spacial score (nSPS) is 10.9. The molecule has 5 nitrogen and oxygen atoms in total. The van der Waals surface area contributed by atoms with E-state index in [2.05, 4.69) is 4.98 Å². The number of hydrogen-bond acceptors (Lipinski definition) is 4. The largest absolute Gasteiger partial charge is 0.482 e. The van der Waals surface area contributed by atoms with Crippen LogP contribution in [-0.2, 0) is 4.79 Å². The number of fused-ring (bicyclic) bond motifs is 1. The second kappa shape index (κ2) is 7.13. The average Bonchev–Trinajstić information content (AvgIpc) is 3.16. The van der Waals surface area contributed by atoms with Gasteiger partial charge in [-0.15, -0.1) is 0 Å². The van der Waals surface area contributed by atoms with E-state index in [-0.39, 0.29) is 6.61 Å². The van der Waals surface area contributed by atoms with Gasteiger partial charge >= 0.3 is 5.97 Å². The Labute approximate surface area is 159 Å². The van der Waals surface area contributed by atoms with Gasteiger partial charge in [-0.05, 0) is 47.2 Å². The topological polar surface area (TPSA) is 72.6 Å². The zero-order valence-corrected chi connectivity index (χ0v) is 14.8. The fraction of sp³-hybridized carbons (Fsp3) is 0.0476. The van der Waals surface area contributed by atoms with Crippen LogP contribution in [0.4, 0.5) is 0 Å². The molecule has 1 heterocycles. The summed E-state index contributed by atoms with van der Waals surface area (Å²) in [6.45, 7) is -0.368. The number of ether oxygens (including phenoxy) is 1. The van der Waals surface area contributed by atoms with Crippen LogP contribution in [0.25, 0.3) is 33.5 Å². The van der Waals surface area contributed by atoms with Gasteiger partial charge in [-0.2, -0.15) is 0 Å². The van der Waals surface area contributed by atoms with Crippen LogP contribution >= 0.6 is 11.6 Å². The summed E-state index contributed by atoms with van der Waals surface area (Å²) in [5.74, 6) is 0.0256. The average molecular weight is 380 g/mol. The number of carbonyl (C=O) groups is 1. The Morgan fingerprint density at radius 2 is 1.70 bits per heavy atom. The summed E-state index contributed by atoms with van der Waals surface area (Å²) in [4.78, 5) is 15.2. The molecule has 0 bridgehead atoms. The van der Waals surface area contributed by atoms with E-state index in [9.17, 15) is 4.79 Å². The van der Waals surface area contributed by atoms with Gasteiger partial charge in [0.25, 0.3) is 0 Å². The van der Waals surface area contributed by atoms with Crippen LogP contribution in [-0.4, -0.2) is 22.7 Å². The van der Waals surface area contributed by atoms with E-state index in [1.54, 1.807) is 18.4 Å². The molecule has 0 saturated heterocycles. The molecule has 134 valence electrons. The Morgan fingerprint density at radius 1 is 1.00 bits per heavy atom. The summed E-state index contributed by atoms with van der Waals surface area (Å²) in [6, 6.07) is 18.6. The Bertz CT molecular complexity index is 1120. The molecule has 0 aliphatic heterocycles. The van der Waals surface area contributed by atoms with E-state index in [1.165, 1.54) is 0 Å². The van der Waals surface area contributed by atoms with Crippen LogP contribution in [0.5, 0.6) is 5.75 Å². The first-order chi connectivity index (χ1) is 13.1. The van der Waals surface area contributed by atoms with Crippen LogP contribution in [0.2, 0.25) is 5.02 Å². The predicted molar refractivity (Wildman–Crippen MR) is 103 cm³/mol. The van der Waals surface area contributed by atoms with Gasteiger partial charge in [-0.1, -0.05) is 35.9 Å². The number of benzene rings is 3. The van der Waals surface area contributed by atoms with Gasteiger partial charge < -0.3 is 14.3 Å². The molecule has 0 fully saturated rings. The van der Waals surface area contributed by atoms with Crippen molar-refractivity contribution in [2.75, 3.05) is 6.61 Å². The molecule has 4 rings (SSSR count). The maximum absolute atomic E-state index is 10.6. The highest BCUT2D eigenvalue weighted by molar-refractivity contribution is 6.30. The molecule has 1 aromatic heterocycles. The first-order valence-corrected chi connectivity index (χ1v) is 8.56. The van der Waals surface area contributed by atoms with E-state index in [4.69, 9.17) is 25.9 Å². The number of nitrogens with zero attached hydrogens (tertiary/aromatic N) is 1. The van der Waals surface area contributed by atoms with Crippen molar-refractivity contribution >= 4 is 28.3 Å². The summed E-state index contributed by atoms with van der Waals surface area (Å²) in [5.41, 5.74) is 2.51. The standard InChI is InChI=1S/C21H14ClNO4/c22-17-6-3-13(4-7-17)19-11-27-21(23-19)16-2-1-15-10-18(26-12-20(24)25)8-5-14(15)9-16/h1-11H,12H2,(H,24,25). The van der Waals surface area contributed by atoms with Crippen molar-refractivity contribution in [3.8, 4) is 28.5 Å². The van der Waals surface area contributed by atoms with Crippen molar-refractivity contribution < 1.29 is 19.1 Å². The van der Waals surface area contributed by atoms with Crippen molar-refractivity contribution in [3.05, 3.63) is 71.9 Å². The van der Waals surface area contributed by atoms with Crippen LogP contribution < -0.4 is 4.74 Å². The monoisotopic (exact) mass is 379 g/mol. The molecule has 0 unspecified atom stereocenters. The highest BCUT2D eigenvalue weighted by atomic mass is 35.5. The van der Waals surface area contributed by atoms with E-state index in [1.807, 2.05) is 48.5 Å². The molecular weight excluding hydrogens is 366 g/mol. The molecule has 0 atom stereocenters. The number of aromatic nitrogens is 1. The van der Waals surface area contributed by atoms with Gasteiger partial charge in [0, 0.05) is 16.1 Å². The predicted octanol–water partition coefficient (Wildman–Crippen LogP) is 5.28. The van der Waals surface area contributed by atoms with E-state index in [0.717, 1.165) is 27.6 Å². The van der Waals surface area contributed by atoms with Gasteiger partial charge in [0.2, 0.25) is 5.89 Å². The molecule has 0 saturated carbocycles. The molecule has 0 radical (unpaired) electrons. The summed E-state index contributed by atoms with van der Waals surface area (Å²) in [6.07, 6.45) is 1.62. The van der Waals surface area contributed by atoms with Crippen molar-refractivity contribution in [2.24, 2.45) is 0 Å². The minimum atomic E-state index is -1.01. The number of carboxylic acid groups (broad SMARTS) is 1. The van der Waals surface area contributed by atoms with Gasteiger partial charge in [0.1, 0.15) is 17.7 Å². The number of carboxylic acids is 1. The number of hydrogen-bond donors (Lipinski definition) is 1. The third-order valence-corrected chi connectivity index (χ3v) is 4.32. The lowest BCUT2D eigenvalue weighted by atomic mass is 10.1. The maximum Gasteiger partial charge on any atom is 0.341 e. The van der Waals surface area contributed by atoms with Gasteiger partial charge in [-0.25, -0.2) is 9.78 Å². The highest BCUT2D eigenvalue weighted by Gasteiger charge is 2.10. The summed E-state index contributed by atoms with van der Waals surface area (Å²) >= 11 is 5.92. The molecular formula is C21H14ClNO4. The quantitative estimate of drug-likeness (QED) is 0.510. The minimum absolute atomic E-state index is 0.368. The third-order valence-electron chi connectivity index (χ3n) is 4.07. The third kappa shape index (κ3) is 3.78. The van der Waals surface area contributed by atoms with Crippen LogP contribution in [0.15, 0.2) is 71.3 Å². The molecule has 0 amide bonds. The lowest BCUT2D eigenvalue weighted by molar-refractivity contribution is -0.139. The molecule has 6 heteroatoms. The zero-order chi connectivity index (χ0) is 18.8. The molecule has 1 N–H and O–H groups in total. The smallest absolute Gasteiger partial charge is 0.341 e. The molecule has 4 aromatic rings. The van der Waals surface area contributed by atoms with E-state index >= 15 is 0 Å². The highest BCUT2D eigenvalue weighted by Crippen LogP contribution is 2.29. The van der Waals surface area contributed by atoms with Gasteiger partial charge in [0.15, 0.2) is 6.61 Å². The zero-order valence-electron chi connectivity index (χ0n) is 14.1. The van der Waals surface area contributed by atoms with Crippen molar-refractivity contribution in [1.82, 2.24) is 4.98 Å². The number of halogens is 1. The Hall–Kier alpha value is -3.31. The van der Waals surface area contributed by atoms with Crippen LogP contribution in [0.3, 0.4) is 0 Å². The number of oxazole rings is 1. The minimum Gasteiger partial charge on any atom is -0.482 e. The van der Waals surface area contributed by atoms with Crippen LogP contribution in [0.1, 0.15) is 0 Å². The number of rotatable bonds is 5. The van der Waals surface area contributed by atoms with Gasteiger partial charge in [-0.3, -0.25) is 0 Å². The van der Waals surface area contributed by atoms with Crippen molar-refractivity contribution in [3.63, 3.8) is 0 Å². The second-order valence-corrected chi connectivity index (χ2v) is 6.39. The van der Waals surface area contributed by atoms with Crippen LogP contribution in [0, 0.1) is 0 Å².